The van der Waals surface area contributed by atoms with E-state index >= 15 is 0 Å². The Balaban J connectivity index is 3.36. The third kappa shape index (κ3) is 39.5. The first-order valence-corrected chi connectivity index (χ1v) is 18.9. The summed E-state index contributed by atoms with van der Waals surface area (Å²) in [6.45, 7) is 2.42. The minimum absolute atomic E-state index is 0.0372. The van der Waals surface area contributed by atoms with Crippen LogP contribution in [-0.4, -0.2) is 120 Å². The number of hydrogen-bond acceptors (Lipinski definition) is 10. The van der Waals surface area contributed by atoms with Crippen molar-refractivity contribution in [2.45, 2.75) is 116 Å². The van der Waals surface area contributed by atoms with Gasteiger partial charge in [0.2, 0.25) is 23.6 Å². The topological polar surface area (TPSA) is 208 Å². The molecule has 0 atom stereocenters. The van der Waals surface area contributed by atoms with E-state index < -0.39 is 5.97 Å². The maximum absolute atomic E-state index is 12.0. The lowest BCUT2D eigenvalue weighted by molar-refractivity contribution is -0.137. The van der Waals surface area contributed by atoms with E-state index in [9.17, 15) is 28.8 Å². The summed E-state index contributed by atoms with van der Waals surface area (Å²) in [5, 5.41) is 19.3. The van der Waals surface area contributed by atoms with Crippen LogP contribution in [0.2, 0.25) is 0 Å². The van der Waals surface area contributed by atoms with Crippen LogP contribution >= 0.6 is 0 Å². The molecule has 296 valence electrons. The van der Waals surface area contributed by atoms with Crippen molar-refractivity contribution >= 4 is 35.9 Å². The Morgan fingerprint density at radius 3 is 1.25 bits per heavy atom. The molecule has 0 spiro atoms. The van der Waals surface area contributed by atoms with Gasteiger partial charge in [0.05, 0.1) is 46.2 Å². The van der Waals surface area contributed by atoms with E-state index in [1.54, 1.807) is 0 Å². The second-order valence-corrected chi connectivity index (χ2v) is 12.3. The Morgan fingerprint density at radius 1 is 0.412 bits per heavy atom. The predicted octanol–water partition coefficient (Wildman–Crippen LogP) is 2.82. The van der Waals surface area contributed by atoms with Gasteiger partial charge in [-0.25, -0.2) is 0 Å². The second-order valence-electron chi connectivity index (χ2n) is 12.3. The predicted molar refractivity (Wildman–Crippen MR) is 192 cm³/mol. The summed E-state index contributed by atoms with van der Waals surface area (Å²) < 4.78 is 21.0. The molecule has 0 rings (SSSR count). The molecule has 5 N–H and O–H groups in total. The summed E-state index contributed by atoms with van der Waals surface area (Å²) in [5.74, 6) is -1.42. The van der Waals surface area contributed by atoms with Crippen LogP contribution in [0, 0.1) is 0 Å². The maximum atomic E-state index is 12.0. The number of carboxylic acids is 1. The first-order valence-electron chi connectivity index (χ1n) is 18.9. The average Bonchev–Trinajstić information content (AvgIpc) is 3.11. The highest BCUT2D eigenvalue weighted by Gasteiger charge is 2.05. The first-order chi connectivity index (χ1) is 24.8. The number of aliphatic carboxylic acids is 1. The van der Waals surface area contributed by atoms with Gasteiger partial charge in [0, 0.05) is 38.9 Å². The number of hydrogen-bond donors (Lipinski definition) is 5. The van der Waals surface area contributed by atoms with Crippen molar-refractivity contribution < 1.29 is 52.8 Å². The van der Waals surface area contributed by atoms with Crippen LogP contribution in [0.4, 0.5) is 0 Å². The number of rotatable bonds is 39. The van der Waals surface area contributed by atoms with Crippen molar-refractivity contribution in [2.24, 2.45) is 0 Å². The van der Waals surface area contributed by atoms with Gasteiger partial charge in [0.25, 0.3) is 0 Å². The van der Waals surface area contributed by atoms with E-state index in [1.807, 2.05) is 0 Å². The Morgan fingerprint density at radius 2 is 0.784 bits per heavy atom. The highest BCUT2D eigenvalue weighted by Crippen LogP contribution is 2.13. The zero-order valence-electron chi connectivity index (χ0n) is 30.8. The molecule has 0 aromatic carbocycles. The Labute approximate surface area is 304 Å². The minimum atomic E-state index is -0.696. The molecular formula is C36H66N4O11. The van der Waals surface area contributed by atoms with Gasteiger partial charge in [-0.2, -0.15) is 0 Å². The normalized spacial score (nSPS) is 10.8. The average molecular weight is 731 g/mol. The fraction of sp³-hybridized carbons (Fsp3) is 0.833. The molecule has 0 saturated carbocycles. The number of amides is 4. The summed E-state index contributed by atoms with van der Waals surface area (Å²) in [7, 11) is 0. The number of carbonyl (C=O) groups excluding carboxylic acids is 5. The molecule has 0 fully saturated rings. The number of aldehydes is 1. The van der Waals surface area contributed by atoms with Gasteiger partial charge in [0.15, 0.2) is 0 Å². The van der Waals surface area contributed by atoms with Crippen LogP contribution in [0.3, 0.4) is 0 Å². The molecule has 0 heterocycles. The molecule has 51 heavy (non-hydrogen) atoms. The Bertz CT molecular complexity index is 908. The van der Waals surface area contributed by atoms with Crippen molar-refractivity contribution in [3.05, 3.63) is 0 Å². The molecule has 15 nitrogen and oxygen atoms in total. The van der Waals surface area contributed by atoms with Gasteiger partial charge >= 0.3 is 5.97 Å². The van der Waals surface area contributed by atoms with Gasteiger partial charge in [-0.05, 0) is 19.3 Å². The molecule has 0 aromatic rings. The molecule has 0 aliphatic rings. The van der Waals surface area contributed by atoms with E-state index in [0.717, 1.165) is 38.5 Å². The van der Waals surface area contributed by atoms with Gasteiger partial charge < -0.3 is 50.1 Å². The van der Waals surface area contributed by atoms with Gasteiger partial charge in [-0.3, -0.25) is 24.0 Å². The molecule has 0 radical (unpaired) electrons. The van der Waals surface area contributed by atoms with Crippen LogP contribution in [0.25, 0.3) is 0 Å². The minimum Gasteiger partial charge on any atom is -0.481 e. The van der Waals surface area contributed by atoms with E-state index in [1.165, 1.54) is 51.4 Å². The van der Waals surface area contributed by atoms with Crippen molar-refractivity contribution in [3.8, 4) is 0 Å². The van der Waals surface area contributed by atoms with Crippen LogP contribution < -0.4 is 21.3 Å². The fourth-order valence-corrected chi connectivity index (χ4v) is 4.89. The molecule has 4 amide bonds. The van der Waals surface area contributed by atoms with Gasteiger partial charge in [-0.1, -0.05) is 77.0 Å². The molecule has 15 heteroatoms. The number of carbonyl (C=O) groups is 6. The molecule has 0 aliphatic heterocycles. The number of ether oxygens (including phenoxy) is 4. The van der Waals surface area contributed by atoms with E-state index in [2.05, 4.69) is 21.3 Å². The number of nitrogens with one attached hydrogen (secondary N) is 4. The van der Waals surface area contributed by atoms with Crippen LogP contribution in [0.1, 0.15) is 116 Å². The lowest BCUT2D eigenvalue weighted by Crippen LogP contribution is -2.32. The fourth-order valence-electron chi connectivity index (χ4n) is 4.89. The lowest BCUT2D eigenvalue weighted by Gasteiger charge is -2.09. The Hall–Kier alpha value is -3.14. The highest BCUT2D eigenvalue weighted by molar-refractivity contribution is 5.79. The standard InChI is InChI=1S/C36H66N4O11/c41-23-20-38-34(44)30-50-28-27-49-25-22-40-35(45)31-51-29-26-48-24-21-39-33(43)17-15-19-37-32(42)16-13-11-9-7-5-3-1-2-4-6-8-10-12-14-18-36(46)47/h23H,1-22,24-31H2,(H,37,42)(H,38,44)(H,39,43)(H,40,45)(H,46,47). The number of unbranched alkanes of at least 4 members (excludes halogenated alkanes) is 13. The third-order valence-electron chi connectivity index (χ3n) is 7.68. The molecule has 0 saturated heterocycles. The maximum Gasteiger partial charge on any atom is 0.303 e. The van der Waals surface area contributed by atoms with E-state index in [0.29, 0.717) is 58.2 Å². The summed E-state index contributed by atoms with van der Waals surface area (Å²) in [5.41, 5.74) is 0. The zero-order chi connectivity index (χ0) is 37.5. The largest absolute Gasteiger partial charge is 0.481 e. The lowest BCUT2D eigenvalue weighted by atomic mass is 10.0. The molecule has 0 unspecified atom stereocenters. The highest BCUT2D eigenvalue weighted by atomic mass is 16.5. The summed E-state index contributed by atoms with van der Waals surface area (Å²) in [6, 6.07) is 0. The van der Waals surface area contributed by atoms with Crippen LogP contribution in [0.15, 0.2) is 0 Å². The van der Waals surface area contributed by atoms with E-state index in [-0.39, 0.29) is 76.4 Å². The molecule has 0 bridgehead atoms. The van der Waals surface area contributed by atoms with E-state index in [4.69, 9.17) is 24.1 Å². The molecular weight excluding hydrogens is 664 g/mol. The first kappa shape index (κ1) is 47.9. The summed E-state index contributed by atoms with van der Waals surface area (Å²) >= 11 is 0. The monoisotopic (exact) mass is 730 g/mol. The Kier molecular flexibility index (Phi) is 35.8. The smallest absolute Gasteiger partial charge is 0.303 e. The third-order valence-corrected chi connectivity index (χ3v) is 7.68. The van der Waals surface area contributed by atoms with Gasteiger partial charge in [0.1, 0.15) is 19.5 Å². The van der Waals surface area contributed by atoms with Crippen molar-refractivity contribution in [3.63, 3.8) is 0 Å². The van der Waals surface area contributed by atoms with Crippen molar-refractivity contribution in [1.82, 2.24) is 21.3 Å². The molecule has 0 aromatic heterocycles. The van der Waals surface area contributed by atoms with Crippen LogP contribution in [0.5, 0.6) is 0 Å². The van der Waals surface area contributed by atoms with Crippen LogP contribution in [-0.2, 0) is 47.7 Å². The summed E-state index contributed by atoms with van der Waals surface area (Å²) in [6.07, 6.45) is 18.4. The zero-order valence-corrected chi connectivity index (χ0v) is 30.8. The van der Waals surface area contributed by atoms with Gasteiger partial charge in [-0.15, -0.1) is 0 Å². The summed E-state index contributed by atoms with van der Waals surface area (Å²) in [4.78, 5) is 67.6. The second kappa shape index (κ2) is 38.1. The van der Waals surface area contributed by atoms with Crippen molar-refractivity contribution in [2.75, 3.05) is 79.0 Å². The molecule has 0 aliphatic carbocycles. The van der Waals surface area contributed by atoms with Crippen molar-refractivity contribution in [1.29, 1.82) is 0 Å². The quantitative estimate of drug-likeness (QED) is 0.0459. The SMILES string of the molecule is O=CCNC(=O)COCCOCCNC(=O)COCCOCCNC(=O)CCCNC(=O)CCCCCCCCCCCCCCCCC(=O)O. The number of carboxylic acid groups (broad SMARTS) is 1.